The molecule has 0 saturated carbocycles. The first-order chi connectivity index (χ1) is 9.37. The van der Waals surface area contributed by atoms with Gasteiger partial charge in [-0.25, -0.2) is 0 Å². The third-order valence-corrected chi connectivity index (χ3v) is 5.33. The highest BCUT2D eigenvalue weighted by Gasteiger charge is 2.22. The molecule has 1 aliphatic heterocycles. The van der Waals surface area contributed by atoms with Crippen LogP contribution in [-0.4, -0.2) is 30.1 Å². The van der Waals surface area contributed by atoms with Gasteiger partial charge in [0.15, 0.2) is 0 Å². The van der Waals surface area contributed by atoms with Crippen LogP contribution in [0.5, 0.6) is 0 Å². The molecule has 20 heavy (non-hydrogen) atoms. The molecule has 1 aliphatic rings. The number of nitrogens with zero attached hydrogens (tertiary/aromatic N) is 1. The van der Waals surface area contributed by atoms with Gasteiger partial charge in [-0.15, -0.1) is 0 Å². The average molecular weight is 357 g/mol. The molecule has 1 heterocycles. The Morgan fingerprint density at radius 1 is 1.40 bits per heavy atom. The molecule has 0 amide bonds. The lowest BCUT2D eigenvalue weighted by Crippen LogP contribution is -2.36. The molecule has 0 aromatic heterocycles. The van der Waals surface area contributed by atoms with Crippen molar-refractivity contribution in [3.63, 3.8) is 0 Å². The highest BCUT2D eigenvalue weighted by Crippen LogP contribution is 2.30. The van der Waals surface area contributed by atoms with Crippen LogP contribution in [0.2, 0.25) is 0 Å². The minimum Gasteiger partial charge on any atom is -0.370 e. The Morgan fingerprint density at radius 2 is 2.15 bits per heavy atom. The highest BCUT2D eigenvalue weighted by atomic mass is 79.9. The number of hydrogen-bond acceptors (Lipinski definition) is 3. The van der Waals surface area contributed by atoms with Crippen molar-refractivity contribution in [3.8, 4) is 0 Å². The highest BCUT2D eigenvalue weighted by molar-refractivity contribution is 9.10. The topological polar surface area (TPSA) is 15.3 Å². The number of halogens is 1. The number of anilines is 1. The molecule has 1 fully saturated rings. The van der Waals surface area contributed by atoms with Gasteiger partial charge in [0, 0.05) is 41.1 Å². The molecule has 1 atom stereocenters. The van der Waals surface area contributed by atoms with Gasteiger partial charge in [-0.2, -0.15) is 11.8 Å². The SMILES string of the molecule is CN(c1cc(Br)ccc1CNC(C)(C)C)C1CCSC1. The van der Waals surface area contributed by atoms with E-state index in [1.165, 1.54) is 29.2 Å². The fourth-order valence-corrected chi connectivity index (χ4v) is 4.02. The summed E-state index contributed by atoms with van der Waals surface area (Å²) in [5, 5.41) is 3.60. The van der Waals surface area contributed by atoms with Gasteiger partial charge in [0.1, 0.15) is 0 Å². The van der Waals surface area contributed by atoms with Gasteiger partial charge in [-0.05, 0) is 50.6 Å². The van der Waals surface area contributed by atoms with Gasteiger partial charge in [-0.1, -0.05) is 22.0 Å². The maximum absolute atomic E-state index is 3.61. The first kappa shape index (κ1) is 16.2. The van der Waals surface area contributed by atoms with Gasteiger partial charge in [0.25, 0.3) is 0 Å². The summed E-state index contributed by atoms with van der Waals surface area (Å²) in [5.41, 5.74) is 2.87. The molecule has 4 heteroatoms. The zero-order valence-corrected chi connectivity index (χ0v) is 15.3. The molecule has 1 aromatic rings. The van der Waals surface area contributed by atoms with E-state index in [4.69, 9.17) is 0 Å². The molecule has 0 bridgehead atoms. The van der Waals surface area contributed by atoms with E-state index in [2.05, 4.69) is 83.9 Å². The lowest BCUT2D eigenvalue weighted by atomic mass is 10.1. The van der Waals surface area contributed by atoms with Gasteiger partial charge in [0.2, 0.25) is 0 Å². The van der Waals surface area contributed by atoms with E-state index >= 15 is 0 Å². The third-order valence-electron chi connectivity index (χ3n) is 3.69. The summed E-state index contributed by atoms with van der Waals surface area (Å²) in [5.74, 6) is 2.54. The van der Waals surface area contributed by atoms with E-state index < -0.39 is 0 Å². The molecule has 2 nitrogen and oxygen atoms in total. The summed E-state index contributed by atoms with van der Waals surface area (Å²) in [6, 6.07) is 7.29. The van der Waals surface area contributed by atoms with E-state index in [1.54, 1.807) is 0 Å². The molecule has 112 valence electrons. The number of nitrogens with one attached hydrogen (secondary N) is 1. The van der Waals surface area contributed by atoms with Crippen molar-refractivity contribution in [1.82, 2.24) is 5.32 Å². The second kappa shape index (κ2) is 6.71. The summed E-state index contributed by atoms with van der Waals surface area (Å²) in [7, 11) is 2.24. The van der Waals surface area contributed by atoms with E-state index in [1.807, 2.05) is 0 Å². The van der Waals surface area contributed by atoms with E-state index in [-0.39, 0.29) is 5.54 Å². The van der Waals surface area contributed by atoms with E-state index in [9.17, 15) is 0 Å². The van der Waals surface area contributed by atoms with Crippen molar-refractivity contribution in [1.29, 1.82) is 0 Å². The van der Waals surface area contributed by atoms with Crippen LogP contribution in [0.4, 0.5) is 5.69 Å². The second-order valence-electron chi connectivity index (χ2n) is 6.50. The van der Waals surface area contributed by atoms with Crippen LogP contribution in [0.25, 0.3) is 0 Å². The lowest BCUT2D eigenvalue weighted by molar-refractivity contribution is 0.424. The predicted molar refractivity (Wildman–Crippen MR) is 94.9 cm³/mol. The molecular weight excluding hydrogens is 332 g/mol. The summed E-state index contributed by atoms with van der Waals surface area (Å²) in [4.78, 5) is 2.46. The predicted octanol–water partition coefficient (Wildman–Crippen LogP) is 4.28. The van der Waals surface area contributed by atoms with E-state index in [0.717, 1.165) is 11.0 Å². The van der Waals surface area contributed by atoms with Crippen LogP contribution >= 0.6 is 27.7 Å². The van der Waals surface area contributed by atoms with Crippen molar-refractivity contribution >= 4 is 33.4 Å². The third kappa shape index (κ3) is 4.40. The molecule has 0 radical (unpaired) electrons. The Kier molecular flexibility index (Phi) is 5.43. The van der Waals surface area contributed by atoms with Crippen molar-refractivity contribution in [2.24, 2.45) is 0 Å². The van der Waals surface area contributed by atoms with Gasteiger partial charge < -0.3 is 10.2 Å². The first-order valence-electron chi connectivity index (χ1n) is 7.21. The zero-order chi connectivity index (χ0) is 14.8. The first-order valence-corrected chi connectivity index (χ1v) is 9.15. The van der Waals surface area contributed by atoms with Crippen LogP contribution in [0, 0.1) is 0 Å². The maximum Gasteiger partial charge on any atom is 0.0423 e. The standard InChI is InChI=1S/C16H25BrN2S/c1-16(2,3)18-10-12-5-6-13(17)9-15(12)19(4)14-7-8-20-11-14/h5-6,9,14,18H,7-8,10-11H2,1-4H3. The lowest BCUT2D eigenvalue weighted by Gasteiger charge is -2.30. The molecule has 1 aromatic carbocycles. The summed E-state index contributed by atoms with van der Waals surface area (Å²) < 4.78 is 1.16. The van der Waals surface area contributed by atoms with Crippen molar-refractivity contribution < 1.29 is 0 Å². The number of rotatable bonds is 4. The molecule has 1 N–H and O–H groups in total. The molecule has 2 rings (SSSR count). The van der Waals surface area contributed by atoms with Crippen molar-refractivity contribution in [3.05, 3.63) is 28.2 Å². The largest absolute Gasteiger partial charge is 0.370 e. The molecule has 1 unspecified atom stereocenters. The fraction of sp³-hybridized carbons (Fsp3) is 0.625. The Hall–Kier alpha value is -0.190. The minimum absolute atomic E-state index is 0.145. The second-order valence-corrected chi connectivity index (χ2v) is 8.57. The number of benzene rings is 1. The molecular formula is C16H25BrN2S. The maximum atomic E-state index is 3.61. The smallest absolute Gasteiger partial charge is 0.0423 e. The van der Waals surface area contributed by atoms with Gasteiger partial charge in [-0.3, -0.25) is 0 Å². The molecule has 0 spiro atoms. The average Bonchev–Trinajstić information content (AvgIpc) is 2.89. The van der Waals surface area contributed by atoms with Crippen LogP contribution < -0.4 is 10.2 Å². The van der Waals surface area contributed by atoms with Gasteiger partial charge in [0.05, 0.1) is 0 Å². The van der Waals surface area contributed by atoms with Crippen LogP contribution in [0.1, 0.15) is 32.8 Å². The van der Waals surface area contributed by atoms with Crippen LogP contribution in [0.15, 0.2) is 22.7 Å². The quantitative estimate of drug-likeness (QED) is 0.866. The Bertz CT molecular complexity index is 450. The summed E-state index contributed by atoms with van der Waals surface area (Å²) in [6.45, 7) is 7.55. The van der Waals surface area contributed by atoms with Gasteiger partial charge >= 0.3 is 0 Å². The number of hydrogen-bond donors (Lipinski definition) is 1. The summed E-state index contributed by atoms with van der Waals surface area (Å²) in [6.07, 6.45) is 1.29. The monoisotopic (exact) mass is 356 g/mol. The van der Waals surface area contributed by atoms with Crippen molar-refractivity contribution in [2.45, 2.75) is 45.3 Å². The number of thioether (sulfide) groups is 1. The van der Waals surface area contributed by atoms with E-state index in [0.29, 0.717) is 6.04 Å². The minimum atomic E-state index is 0.145. The fourth-order valence-electron chi connectivity index (χ4n) is 2.40. The van der Waals surface area contributed by atoms with Crippen LogP contribution in [-0.2, 0) is 6.54 Å². The Morgan fingerprint density at radius 3 is 2.75 bits per heavy atom. The Labute approximate surface area is 135 Å². The molecule has 1 saturated heterocycles. The van der Waals surface area contributed by atoms with Crippen LogP contribution in [0.3, 0.4) is 0 Å². The molecule has 0 aliphatic carbocycles. The van der Waals surface area contributed by atoms with Crippen molar-refractivity contribution in [2.75, 3.05) is 23.5 Å². The summed E-state index contributed by atoms with van der Waals surface area (Å²) >= 11 is 5.68. The zero-order valence-electron chi connectivity index (χ0n) is 12.9. The normalized spacial score (nSPS) is 19.4. The Balaban J connectivity index is 2.18.